The maximum absolute atomic E-state index is 12.1. The third kappa shape index (κ3) is 3.54. The Hall–Kier alpha value is -3.68. The zero-order valence-corrected chi connectivity index (χ0v) is 13.8. The Balaban J connectivity index is 1.77. The molecule has 2 aromatic carbocycles. The van der Waals surface area contributed by atoms with E-state index in [0.717, 1.165) is 0 Å². The van der Waals surface area contributed by atoms with Crippen LogP contribution in [0.4, 0.5) is 5.69 Å². The smallest absolute Gasteiger partial charge is 0.337 e. The van der Waals surface area contributed by atoms with Crippen LogP contribution in [-0.4, -0.2) is 35.7 Å². The number of rotatable bonds is 4. The Bertz CT molecular complexity index is 919. The minimum absolute atomic E-state index is 0.00445. The lowest BCUT2D eigenvalue weighted by Crippen LogP contribution is -2.24. The number of anilines is 1. The molecule has 0 bridgehead atoms. The molecule has 26 heavy (non-hydrogen) atoms. The van der Waals surface area contributed by atoms with E-state index in [1.165, 1.54) is 31.4 Å². The molecular formula is C18H15N3O5. The quantitative estimate of drug-likeness (QED) is 0.564. The highest BCUT2D eigenvalue weighted by Crippen LogP contribution is 2.24. The van der Waals surface area contributed by atoms with Gasteiger partial charge in [-0.2, -0.15) is 5.10 Å². The lowest BCUT2D eigenvalue weighted by Gasteiger charge is -2.03. The first-order chi connectivity index (χ1) is 12.5. The summed E-state index contributed by atoms with van der Waals surface area (Å²) < 4.78 is 4.66. The van der Waals surface area contributed by atoms with E-state index in [0.29, 0.717) is 16.8 Å². The van der Waals surface area contributed by atoms with Crippen molar-refractivity contribution >= 4 is 29.2 Å². The summed E-state index contributed by atoms with van der Waals surface area (Å²) in [6.45, 7) is 0. The zero-order valence-electron chi connectivity index (χ0n) is 13.8. The summed E-state index contributed by atoms with van der Waals surface area (Å²) in [7, 11) is 1.26. The van der Waals surface area contributed by atoms with E-state index in [4.69, 9.17) is 0 Å². The van der Waals surface area contributed by atoms with Gasteiger partial charge in [0.2, 0.25) is 5.91 Å². The SMILES string of the molecule is COC(=O)c1ccc2c(c1)/C(=N/NC(=O)Cc1ccc(O)cc1)C(=O)N2. The minimum atomic E-state index is -0.539. The van der Waals surface area contributed by atoms with Crippen LogP contribution in [0.1, 0.15) is 21.5 Å². The highest BCUT2D eigenvalue weighted by molar-refractivity contribution is 6.53. The number of fused-ring (bicyclic) bond motifs is 1. The normalized spacial score (nSPS) is 13.9. The van der Waals surface area contributed by atoms with Crippen LogP contribution >= 0.6 is 0 Å². The predicted octanol–water partition coefficient (Wildman–Crippen LogP) is 1.19. The van der Waals surface area contributed by atoms with E-state index in [-0.39, 0.29) is 23.4 Å². The van der Waals surface area contributed by atoms with Crippen molar-refractivity contribution in [3.8, 4) is 5.75 Å². The van der Waals surface area contributed by atoms with Crippen LogP contribution in [0.3, 0.4) is 0 Å². The summed E-state index contributed by atoms with van der Waals surface area (Å²) in [6, 6.07) is 10.7. The summed E-state index contributed by atoms with van der Waals surface area (Å²) in [5.74, 6) is -1.33. The van der Waals surface area contributed by atoms with Crippen LogP contribution in [0.2, 0.25) is 0 Å². The lowest BCUT2D eigenvalue weighted by atomic mass is 10.1. The van der Waals surface area contributed by atoms with Gasteiger partial charge in [0.15, 0.2) is 5.71 Å². The second kappa shape index (κ2) is 7.06. The number of carbonyl (C=O) groups excluding carboxylic acids is 3. The Morgan fingerprint density at radius 1 is 1.19 bits per heavy atom. The van der Waals surface area contributed by atoms with E-state index in [1.54, 1.807) is 18.2 Å². The molecule has 0 radical (unpaired) electrons. The first-order valence-corrected chi connectivity index (χ1v) is 7.66. The zero-order chi connectivity index (χ0) is 18.7. The Morgan fingerprint density at radius 3 is 2.62 bits per heavy atom. The van der Waals surface area contributed by atoms with Crippen molar-refractivity contribution in [1.82, 2.24) is 5.43 Å². The molecule has 132 valence electrons. The van der Waals surface area contributed by atoms with Crippen molar-refractivity contribution in [2.75, 3.05) is 12.4 Å². The monoisotopic (exact) mass is 353 g/mol. The molecule has 0 spiro atoms. The first kappa shape index (κ1) is 17.2. The molecule has 0 saturated carbocycles. The Labute approximate surface area is 148 Å². The van der Waals surface area contributed by atoms with Gasteiger partial charge in [0, 0.05) is 5.56 Å². The average molecular weight is 353 g/mol. The van der Waals surface area contributed by atoms with Crippen molar-refractivity contribution < 1.29 is 24.2 Å². The summed E-state index contributed by atoms with van der Waals surface area (Å²) >= 11 is 0. The van der Waals surface area contributed by atoms with Crippen LogP contribution in [0.5, 0.6) is 5.75 Å². The van der Waals surface area contributed by atoms with E-state index in [9.17, 15) is 19.5 Å². The van der Waals surface area contributed by atoms with Gasteiger partial charge in [0.05, 0.1) is 24.8 Å². The van der Waals surface area contributed by atoms with E-state index >= 15 is 0 Å². The lowest BCUT2D eigenvalue weighted by molar-refractivity contribution is -0.120. The van der Waals surface area contributed by atoms with Gasteiger partial charge >= 0.3 is 5.97 Å². The number of aromatic hydroxyl groups is 1. The van der Waals surface area contributed by atoms with Crippen LogP contribution in [0, 0.1) is 0 Å². The number of carbonyl (C=O) groups is 3. The molecule has 1 aliphatic rings. The van der Waals surface area contributed by atoms with Gasteiger partial charge in [-0.25, -0.2) is 10.2 Å². The number of phenols is 1. The topological polar surface area (TPSA) is 117 Å². The van der Waals surface area contributed by atoms with Crippen LogP contribution < -0.4 is 10.7 Å². The fourth-order valence-electron chi connectivity index (χ4n) is 2.47. The standard InChI is InChI=1S/C18H15N3O5/c1-26-18(25)11-4-7-14-13(9-11)16(17(24)19-14)21-20-15(23)8-10-2-5-12(22)6-3-10/h2-7,9,22H,8H2,1H3,(H,20,23)(H,19,21,24). The maximum Gasteiger partial charge on any atom is 0.337 e. The van der Waals surface area contributed by atoms with Crippen molar-refractivity contribution in [2.24, 2.45) is 5.10 Å². The van der Waals surface area contributed by atoms with Gasteiger partial charge in [-0.3, -0.25) is 9.59 Å². The molecule has 2 aromatic rings. The molecular weight excluding hydrogens is 338 g/mol. The summed E-state index contributed by atoms with van der Waals surface area (Å²) in [5.41, 5.74) is 4.19. The number of hydrogen-bond donors (Lipinski definition) is 3. The third-order valence-electron chi connectivity index (χ3n) is 3.75. The molecule has 1 heterocycles. The molecule has 2 amide bonds. The average Bonchev–Trinajstić information content (AvgIpc) is 2.95. The molecule has 3 rings (SSSR count). The number of amides is 2. The summed E-state index contributed by atoms with van der Waals surface area (Å²) in [6.07, 6.45) is 0.0355. The van der Waals surface area contributed by atoms with Gasteiger partial charge in [-0.1, -0.05) is 12.1 Å². The molecule has 3 N–H and O–H groups in total. The molecule has 0 aliphatic carbocycles. The minimum Gasteiger partial charge on any atom is -0.508 e. The van der Waals surface area contributed by atoms with Gasteiger partial charge < -0.3 is 15.2 Å². The first-order valence-electron chi connectivity index (χ1n) is 7.66. The molecule has 8 nitrogen and oxygen atoms in total. The van der Waals surface area contributed by atoms with E-state index < -0.39 is 17.8 Å². The number of esters is 1. The summed E-state index contributed by atoms with van der Waals surface area (Å²) in [5, 5.41) is 15.7. The maximum atomic E-state index is 12.1. The predicted molar refractivity (Wildman–Crippen MR) is 92.9 cm³/mol. The second-order valence-electron chi connectivity index (χ2n) is 5.54. The second-order valence-corrected chi connectivity index (χ2v) is 5.54. The fraction of sp³-hybridized carbons (Fsp3) is 0.111. The molecule has 0 unspecified atom stereocenters. The molecule has 0 saturated heterocycles. The highest BCUT2D eigenvalue weighted by atomic mass is 16.5. The van der Waals surface area contributed by atoms with Gasteiger partial charge in [-0.15, -0.1) is 0 Å². The number of phenolic OH excluding ortho intramolecular Hbond substituents is 1. The number of methoxy groups -OCH3 is 1. The number of hydrazone groups is 1. The number of nitrogens with one attached hydrogen (secondary N) is 2. The fourth-order valence-corrected chi connectivity index (χ4v) is 2.47. The van der Waals surface area contributed by atoms with E-state index in [2.05, 4.69) is 20.6 Å². The van der Waals surface area contributed by atoms with Crippen molar-refractivity contribution in [1.29, 1.82) is 0 Å². The van der Waals surface area contributed by atoms with Crippen LogP contribution in [0.15, 0.2) is 47.6 Å². The number of nitrogens with zero attached hydrogens (tertiary/aromatic N) is 1. The van der Waals surface area contributed by atoms with E-state index in [1.807, 2.05) is 0 Å². The van der Waals surface area contributed by atoms with Crippen molar-refractivity contribution in [3.63, 3.8) is 0 Å². The molecule has 0 fully saturated rings. The largest absolute Gasteiger partial charge is 0.508 e. The van der Waals surface area contributed by atoms with Gasteiger partial charge in [-0.05, 0) is 35.9 Å². The van der Waals surface area contributed by atoms with Crippen molar-refractivity contribution in [2.45, 2.75) is 6.42 Å². The Kier molecular flexibility index (Phi) is 4.66. The van der Waals surface area contributed by atoms with Crippen molar-refractivity contribution in [3.05, 3.63) is 59.2 Å². The molecule has 8 heteroatoms. The number of benzene rings is 2. The third-order valence-corrected chi connectivity index (χ3v) is 3.75. The molecule has 1 aliphatic heterocycles. The number of ether oxygens (including phenoxy) is 1. The summed E-state index contributed by atoms with van der Waals surface area (Å²) in [4.78, 5) is 35.7. The molecule has 0 atom stereocenters. The number of hydrogen-bond acceptors (Lipinski definition) is 6. The molecule has 0 aromatic heterocycles. The van der Waals surface area contributed by atoms with Gasteiger partial charge in [0.25, 0.3) is 5.91 Å². The Morgan fingerprint density at radius 2 is 1.92 bits per heavy atom. The van der Waals surface area contributed by atoms with Crippen LogP contribution in [-0.2, 0) is 20.7 Å². The van der Waals surface area contributed by atoms with Gasteiger partial charge in [0.1, 0.15) is 5.75 Å². The highest BCUT2D eigenvalue weighted by Gasteiger charge is 2.27. The van der Waals surface area contributed by atoms with Crippen LogP contribution in [0.25, 0.3) is 0 Å².